The summed E-state index contributed by atoms with van der Waals surface area (Å²) in [5.41, 5.74) is 1.34. The maximum atomic E-state index is 13.5. The predicted octanol–water partition coefficient (Wildman–Crippen LogP) is 2.74. The molecule has 2 aromatic rings. The number of fused-ring (bicyclic) bond motifs is 1. The topological polar surface area (TPSA) is 75.9 Å². The third-order valence-electron chi connectivity index (χ3n) is 6.52. The molecule has 0 aliphatic carbocycles. The van der Waals surface area contributed by atoms with Crippen molar-refractivity contribution in [2.45, 2.75) is 38.0 Å². The highest BCUT2D eigenvalue weighted by molar-refractivity contribution is 6.03. The van der Waals surface area contributed by atoms with Gasteiger partial charge in [0.15, 0.2) is 5.76 Å². The number of nitrogens with zero attached hydrogens (tertiary/aromatic N) is 3. The average molecular weight is 407 g/mol. The number of carbonyl (C=O) groups is 2. The fraction of sp³-hybridized carbons (Fsp3) is 0.435. The van der Waals surface area contributed by atoms with Gasteiger partial charge in [0.05, 0.1) is 37.2 Å². The molecule has 0 unspecified atom stereocenters. The first-order valence-corrected chi connectivity index (χ1v) is 10.3. The first-order valence-electron chi connectivity index (χ1n) is 10.3. The molecule has 4 atom stereocenters. The highest BCUT2D eigenvalue weighted by atomic mass is 16.5. The molecule has 30 heavy (non-hydrogen) atoms. The molecule has 5 rings (SSSR count). The average Bonchev–Trinajstić information content (AvgIpc) is 3.50. The van der Waals surface area contributed by atoms with Crippen molar-refractivity contribution in [1.82, 2.24) is 10.1 Å². The molecule has 0 saturated carbocycles. The van der Waals surface area contributed by atoms with E-state index in [9.17, 15) is 9.59 Å². The van der Waals surface area contributed by atoms with Gasteiger partial charge in [0.2, 0.25) is 11.8 Å². The Bertz CT molecular complexity index is 998. The molecule has 7 heteroatoms. The molecule has 0 radical (unpaired) electrons. The van der Waals surface area contributed by atoms with Crippen LogP contribution in [0.15, 0.2) is 53.2 Å². The van der Waals surface area contributed by atoms with Crippen molar-refractivity contribution < 1.29 is 18.8 Å². The second kappa shape index (κ2) is 6.80. The van der Waals surface area contributed by atoms with E-state index >= 15 is 0 Å². The van der Waals surface area contributed by atoms with Gasteiger partial charge in [0.1, 0.15) is 5.60 Å². The molecule has 2 fully saturated rings. The third-order valence-corrected chi connectivity index (χ3v) is 6.52. The van der Waals surface area contributed by atoms with Crippen LogP contribution < -0.4 is 4.90 Å². The van der Waals surface area contributed by atoms with E-state index in [2.05, 4.69) is 31.1 Å². The molecule has 1 spiro atoms. The molecule has 1 aromatic heterocycles. The predicted molar refractivity (Wildman–Crippen MR) is 110 cm³/mol. The summed E-state index contributed by atoms with van der Waals surface area (Å²) >= 11 is 0. The number of hydrogen-bond acceptors (Lipinski definition) is 5. The van der Waals surface area contributed by atoms with Crippen molar-refractivity contribution >= 4 is 17.5 Å². The van der Waals surface area contributed by atoms with E-state index in [-0.39, 0.29) is 17.9 Å². The molecule has 2 bridgehead atoms. The fourth-order valence-electron chi connectivity index (χ4n) is 4.93. The molecule has 7 nitrogen and oxygen atoms in total. The van der Waals surface area contributed by atoms with Gasteiger partial charge in [-0.1, -0.05) is 43.3 Å². The zero-order valence-corrected chi connectivity index (χ0v) is 17.3. The molecule has 3 aliphatic heterocycles. The van der Waals surface area contributed by atoms with Crippen molar-refractivity contribution in [1.29, 1.82) is 0 Å². The van der Waals surface area contributed by atoms with E-state index < -0.39 is 17.4 Å². The Morgan fingerprint density at radius 3 is 2.73 bits per heavy atom. The number of ether oxygens (including phenoxy) is 1. The van der Waals surface area contributed by atoms with Gasteiger partial charge in [0, 0.05) is 18.8 Å². The molecular formula is C23H25N3O4. The number of rotatable bonds is 5. The van der Waals surface area contributed by atoms with Crippen LogP contribution in [-0.4, -0.2) is 47.2 Å². The SMILES string of the molecule is CC(C)c1ccc(N2C[C@]34C=C[C@H](O3)[C@@H](C(=O)N(C)Cc3ccno3)[C@@H]4C2=O)cc1. The monoisotopic (exact) mass is 407 g/mol. The van der Waals surface area contributed by atoms with E-state index in [1.807, 2.05) is 24.3 Å². The maximum Gasteiger partial charge on any atom is 0.234 e. The normalized spacial score (nSPS) is 29.1. The van der Waals surface area contributed by atoms with Gasteiger partial charge in [-0.25, -0.2) is 0 Å². The Morgan fingerprint density at radius 2 is 2.07 bits per heavy atom. The van der Waals surface area contributed by atoms with Gasteiger partial charge in [-0.2, -0.15) is 0 Å². The first-order chi connectivity index (χ1) is 14.4. The zero-order chi connectivity index (χ0) is 21.0. The molecule has 1 aromatic carbocycles. The van der Waals surface area contributed by atoms with Gasteiger partial charge in [-0.05, 0) is 23.6 Å². The minimum Gasteiger partial charge on any atom is -0.360 e. The first kappa shape index (κ1) is 19.1. The van der Waals surface area contributed by atoms with Crippen molar-refractivity contribution in [3.8, 4) is 0 Å². The molecular weight excluding hydrogens is 382 g/mol. The molecule has 2 amide bonds. The number of benzene rings is 1. The molecule has 3 aliphatic rings. The Hall–Kier alpha value is -2.93. The van der Waals surface area contributed by atoms with Crippen LogP contribution in [0.5, 0.6) is 0 Å². The van der Waals surface area contributed by atoms with E-state index in [0.717, 1.165) is 5.69 Å². The Labute approximate surface area is 175 Å². The molecule has 0 N–H and O–H groups in total. The lowest BCUT2D eigenvalue weighted by Crippen LogP contribution is -2.44. The Morgan fingerprint density at radius 1 is 1.30 bits per heavy atom. The van der Waals surface area contributed by atoms with Crippen LogP contribution in [0.4, 0.5) is 5.69 Å². The molecule has 4 heterocycles. The smallest absolute Gasteiger partial charge is 0.234 e. The second-order valence-corrected chi connectivity index (χ2v) is 8.74. The number of anilines is 1. The summed E-state index contributed by atoms with van der Waals surface area (Å²) in [6, 6.07) is 9.80. The summed E-state index contributed by atoms with van der Waals surface area (Å²) in [6.45, 7) is 5.02. The Kier molecular flexibility index (Phi) is 4.32. The lowest BCUT2D eigenvalue weighted by molar-refractivity contribution is -0.139. The summed E-state index contributed by atoms with van der Waals surface area (Å²) in [7, 11) is 1.72. The molecule has 2 saturated heterocycles. The number of aromatic nitrogens is 1. The van der Waals surface area contributed by atoms with Gasteiger partial charge in [-0.15, -0.1) is 0 Å². The highest BCUT2D eigenvalue weighted by Crippen LogP contribution is 2.53. The maximum absolute atomic E-state index is 13.5. The van der Waals surface area contributed by atoms with Gasteiger partial charge in [0.25, 0.3) is 0 Å². The van der Waals surface area contributed by atoms with Crippen molar-refractivity contribution in [2.24, 2.45) is 11.8 Å². The number of hydrogen-bond donors (Lipinski definition) is 0. The van der Waals surface area contributed by atoms with Gasteiger partial charge >= 0.3 is 0 Å². The number of amides is 2. The second-order valence-electron chi connectivity index (χ2n) is 8.74. The van der Waals surface area contributed by atoms with Crippen molar-refractivity contribution in [2.75, 3.05) is 18.5 Å². The van der Waals surface area contributed by atoms with Crippen LogP contribution in [0.1, 0.15) is 31.1 Å². The lowest BCUT2D eigenvalue weighted by Gasteiger charge is -2.27. The van der Waals surface area contributed by atoms with E-state index in [1.54, 1.807) is 29.1 Å². The number of carbonyl (C=O) groups excluding carboxylic acids is 2. The summed E-state index contributed by atoms with van der Waals surface area (Å²) in [6.07, 6.45) is 5.09. The summed E-state index contributed by atoms with van der Waals surface area (Å²) < 4.78 is 11.4. The van der Waals surface area contributed by atoms with Crippen LogP contribution in [0.25, 0.3) is 0 Å². The largest absolute Gasteiger partial charge is 0.360 e. The minimum atomic E-state index is -0.730. The fourth-order valence-corrected chi connectivity index (χ4v) is 4.93. The quantitative estimate of drug-likeness (QED) is 0.713. The minimum absolute atomic E-state index is 0.0504. The lowest BCUT2D eigenvalue weighted by atomic mass is 9.76. The van der Waals surface area contributed by atoms with Crippen molar-refractivity contribution in [3.63, 3.8) is 0 Å². The van der Waals surface area contributed by atoms with Crippen LogP contribution in [0.2, 0.25) is 0 Å². The van der Waals surface area contributed by atoms with E-state index in [0.29, 0.717) is 24.8 Å². The standard InChI is InChI=1S/C23H25N3O4/c1-14(2)15-4-6-16(7-5-15)26-13-23-10-8-18(29-23)19(20(23)22(26)28)21(27)25(3)12-17-9-11-24-30-17/h4-11,14,18-20H,12-13H2,1-3H3/t18-,19+,20+,23-/m0/s1. The van der Waals surface area contributed by atoms with Crippen LogP contribution in [0.3, 0.4) is 0 Å². The van der Waals surface area contributed by atoms with Crippen LogP contribution >= 0.6 is 0 Å². The third kappa shape index (κ3) is 2.80. The summed E-state index contributed by atoms with van der Waals surface area (Å²) in [4.78, 5) is 30.1. The van der Waals surface area contributed by atoms with E-state index in [1.165, 1.54) is 5.56 Å². The van der Waals surface area contributed by atoms with Gasteiger partial charge in [-0.3, -0.25) is 9.59 Å². The van der Waals surface area contributed by atoms with Crippen molar-refractivity contribution in [3.05, 3.63) is 60.0 Å². The highest BCUT2D eigenvalue weighted by Gasteiger charge is 2.67. The Balaban J connectivity index is 1.40. The summed E-state index contributed by atoms with van der Waals surface area (Å²) in [5, 5.41) is 3.69. The van der Waals surface area contributed by atoms with Gasteiger partial charge < -0.3 is 19.1 Å². The van der Waals surface area contributed by atoms with Crippen LogP contribution in [-0.2, 0) is 20.9 Å². The summed E-state index contributed by atoms with van der Waals surface area (Å²) in [5.74, 6) is -0.180. The molecule has 156 valence electrons. The van der Waals surface area contributed by atoms with Crippen LogP contribution in [0, 0.1) is 11.8 Å². The van der Waals surface area contributed by atoms with E-state index in [4.69, 9.17) is 9.26 Å². The zero-order valence-electron chi connectivity index (χ0n) is 17.3.